The maximum atomic E-state index is 13.7. The molecule has 1 atom stereocenters. The van der Waals surface area contributed by atoms with Gasteiger partial charge < -0.3 is 10.0 Å². The summed E-state index contributed by atoms with van der Waals surface area (Å²) in [7, 11) is 0. The number of aliphatic hydroxyl groups is 1. The van der Waals surface area contributed by atoms with Gasteiger partial charge in [-0.05, 0) is 12.1 Å². The van der Waals surface area contributed by atoms with Crippen LogP contribution in [-0.4, -0.2) is 53.5 Å². The van der Waals surface area contributed by atoms with Gasteiger partial charge in [0.2, 0.25) is 5.91 Å². The van der Waals surface area contributed by atoms with E-state index < -0.39 is 23.2 Å². The number of rotatable bonds is 3. The maximum absolute atomic E-state index is 13.7. The molecule has 0 aromatic heterocycles. The number of amides is 1. The molecule has 23 heavy (non-hydrogen) atoms. The SMILES string of the molecule is CC(C)(C)C(=O)N1CCN(CC(O)c2c(F)cccc2F)CC1. The molecule has 6 heteroatoms. The van der Waals surface area contributed by atoms with Gasteiger partial charge in [0.15, 0.2) is 0 Å². The van der Waals surface area contributed by atoms with Gasteiger partial charge in [0.25, 0.3) is 0 Å². The first kappa shape index (κ1) is 17.8. The lowest BCUT2D eigenvalue weighted by Gasteiger charge is -2.38. The Balaban J connectivity index is 1.93. The van der Waals surface area contributed by atoms with Crippen molar-refractivity contribution in [3.05, 3.63) is 35.4 Å². The number of β-amino-alcohol motifs (C(OH)–C–C–N with tert-alkyl or cyclic N) is 1. The lowest BCUT2D eigenvalue weighted by molar-refractivity contribution is -0.141. The van der Waals surface area contributed by atoms with E-state index in [2.05, 4.69) is 0 Å². The molecule has 1 saturated heterocycles. The molecular weight excluding hydrogens is 302 g/mol. The van der Waals surface area contributed by atoms with E-state index >= 15 is 0 Å². The minimum Gasteiger partial charge on any atom is -0.387 e. The first-order valence-corrected chi connectivity index (χ1v) is 7.84. The van der Waals surface area contributed by atoms with E-state index in [1.165, 1.54) is 6.07 Å². The summed E-state index contributed by atoms with van der Waals surface area (Å²) in [4.78, 5) is 15.9. The van der Waals surface area contributed by atoms with Crippen LogP contribution in [0.15, 0.2) is 18.2 Å². The standard InChI is InChI=1S/C17H24F2N2O2/c1-17(2,3)16(23)21-9-7-20(8-10-21)11-14(22)15-12(18)5-4-6-13(15)19/h4-6,14,22H,7-11H2,1-3H3. The van der Waals surface area contributed by atoms with Crippen LogP contribution in [0.5, 0.6) is 0 Å². The Morgan fingerprint density at radius 2 is 1.70 bits per heavy atom. The summed E-state index contributed by atoms with van der Waals surface area (Å²) >= 11 is 0. The van der Waals surface area contributed by atoms with Gasteiger partial charge in [-0.3, -0.25) is 9.69 Å². The number of benzene rings is 1. The Labute approximate surface area is 135 Å². The van der Waals surface area contributed by atoms with Gasteiger partial charge >= 0.3 is 0 Å². The van der Waals surface area contributed by atoms with Crippen molar-refractivity contribution in [1.29, 1.82) is 0 Å². The fourth-order valence-corrected chi connectivity index (χ4v) is 2.77. The molecular formula is C17H24F2N2O2. The summed E-state index contributed by atoms with van der Waals surface area (Å²) in [6.45, 7) is 8.07. The molecule has 2 rings (SSSR count). The summed E-state index contributed by atoms with van der Waals surface area (Å²) in [5.41, 5.74) is -0.710. The van der Waals surface area contributed by atoms with Crippen LogP contribution in [-0.2, 0) is 4.79 Å². The smallest absolute Gasteiger partial charge is 0.228 e. The van der Waals surface area contributed by atoms with E-state index in [-0.39, 0.29) is 18.0 Å². The second-order valence-corrected chi connectivity index (χ2v) is 6.99. The van der Waals surface area contributed by atoms with E-state index in [4.69, 9.17) is 0 Å². The molecule has 1 fully saturated rings. The monoisotopic (exact) mass is 326 g/mol. The number of carbonyl (C=O) groups excluding carboxylic acids is 1. The van der Waals surface area contributed by atoms with Gasteiger partial charge in [-0.25, -0.2) is 8.78 Å². The van der Waals surface area contributed by atoms with Crippen molar-refractivity contribution in [2.24, 2.45) is 5.41 Å². The van der Waals surface area contributed by atoms with Gasteiger partial charge in [0.1, 0.15) is 11.6 Å². The molecule has 0 radical (unpaired) electrons. The van der Waals surface area contributed by atoms with E-state index in [0.717, 1.165) is 12.1 Å². The molecule has 0 bridgehead atoms. The summed E-state index contributed by atoms with van der Waals surface area (Å²) < 4.78 is 27.4. The Hall–Kier alpha value is -1.53. The van der Waals surface area contributed by atoms with Crippen molar-refractivity contribution in [3.63, 3.8) is 0 Å². The van der Waals surface area contributed by atoms with Crippen LogP contribution in [0.2, 0.25) is 0 Å². The predicted molar refractivity (Wildman–Crippen MR) is 83.8 cm³/mol. The second kappa shape index (κ2) is 6.93. The molecule has 0 spiro atoms. The highest BCUT2D eigenvalue weighted by Gasteiger charge is 2.30. The topological polar surface area (TPSA) is 43.8 Å². The first-order valence-electron chi connectivity index (χ1n) is 7.84. The minimum absolute atomic E-state index is 0.0952. The Morgan fingerprint density at radius 3 is 2.17 bits per heavy atom. The zero-order chi connectivity index (χ0) is 17.2. The number of halogens is 2. The number of hydrogen-bond donors (Lipinski definition) is 1. The normalized spacial score (nSPS) is 18.1. The van der Waals surface area contributed by atoms with Crippen molar-refractivity contribution < 1.29 is 18.7 Å². The molecule has 1 aliphatic heterocycles. The Bertz CT molecular complexity index is 544. The Kier molecular flexibility index (Phi) is 5.37. The van der Waals surface area contributed by atoms with Gasteiger partial charge in [0, 0.05) is 38.1 Å². The van der Waals surface area contributed by atoms with Crippen molar-refractivity contribution in [1.82, 2.24) is 9.80 Å². The molecule has 1 unspecified atom stereocenters. The number of hydrogen-bond acceptors (Lipinski definition) is 3. The molecule has 1 heterocycles. The second-order valence-electron chi connectivity index (χ2n) is 6.99. The molecule has 4 nitrogen and oxygen atoms in total. The number of piperazine rings is 1. The number of carbonyl (C=O) groups is 1. The van der Waals surface area contributed by atoms with E-state index in [9.17, 15) is 18.7 Å². The quantitative estimate of drug-likeness (QED) is 0.926. The highest BCUT2D eigenvalue weighted by molar-refractivity contribution is 5.81. The molecule has 1 aromatic carbocycles. The third-order valence-electron chi connectivity index (χ3n) is 4.07. The van der Waals surface area contributed by atoms with Crippen molar-refractivity contribution in [2.75, 3.05) is 32.7 Å². The minimum atomic E-state index is -1.22. The molecule has 1 aliphatic rings. The average molecular weight is 326 g/mol. The van der Waals surface area contributed by atoms with E-state index in [1.54, 1.807) is 4.90 Å². The van der Waals surface area contributed by atoms with Crippen LogP contribution in [0.3, 0.4) is 0 Å². The van der Waals surface area contributed by atoms with Crippen molar-refractivity contribution in [2.45, 2.75) is 26.9 Å². The van der Waals surface area contributed by atoms with Gasteiger partial charge in [0.05, 0.1) is 11.7 Å². The first-order chi connectivity index (χ1) is 10.7. The van der Waals surface area contributed by atoms with Crippen LogP contribution in [0, 0.1) is 17.0 Å². The van der Waals surface area contributed by atoms with Gasteiger partial charge in [-0.2, -0.15) is 0 Å². The van der Waals surface area contributed by atoms with Crippen LogP contribution in [0.4, 0.5) is 8.78 Å². The highest BCUT2D eigenvalue weighted by atomic mass is 19.1. The maximum Gasteiger partial charge on any atom is 0.228 e. The summed E-state index contributed by atoms with van der Waals surface area (Å²) in [5, 5.41) is 10.1. The van der Waals surface area contributed by atoms with Gasteiger partial charge in [-0.1, -0.05) is 26.8 Å². The van der Waals surface area contributed by atoms with Crippen LogP contribution in [0.25, 0.3) is 0 Å². The average Bonchev–Trinajstić information content (AvgIpc) is 2.46. The zero-order valence-corrected chi connectivity index (χ0v) is 13.9. The lowest BCUT2D eigenvalue weighted by Crippen LogP contribution is -2.52. The van der Waals surface area contributed by atoms with E-state index in [1.807, 2.05) is 25.7 Å². The van der Waals surface area contributed by atoms with Crippen LogP contribution >= 0.6 is 0 Å². The fourth-order valence-electron chi connectivity index (χ4n) is 2.77. The third-order valence-corrected chi connectivity index (χ3v) is 4.07. The molecule has 1 amide bonds. The van der Waals surface area contributed by atoms with E-state index in [0.29, 0.717) is 26.2 Å². The van der Waals surface area contributed by atoms with Crippen LogP contribution in [0.1, 0.15) is 32.4 Å². The molecule has 128 valence electrons. The summed E-state index contributed by atoms with van der Waals surface area (Å²) in [6, 6.07) is 3.56. The lowest BCUT2D eigenvalue weighted by atomic mass is 9.94. The van der Waals surface area contributed by atoms with Crippen LogP contribution < -0.4 is 0 Å². The molecule has 0 aliphatic carbocycles. The third kappa shape index (κ3) is 4.26. The van der Waals surface area contributed by atoms with Crippen molar-refractivity contribution in [3.8, 4) is 0 Å². The largest absolute Gasteiger partial charge is 0.387 e. The van der Waals surface area contributed by atoms with Gasteiger partial charge in [-0.15, -0.1) is 0 Å². The molecule has 0 saturated carbocycles. The summed E-state index contributed by atoms with van der Waals surface area (Å²) in [5.74, 6) is -1.38. The highest BCUT2D eigenvalue weighted by Crippen LogP contribution is 2.23. The predicted octanol–water partition coefficient (Wildman–Crippen LogP) is 2.19. The molecule has 1 N–H and O–H groups in total. The van der Waals surface area contributed by atoms with Crippen molar-refractivity contribution >= 4 is 5.91 Å². The fraction of sp³-hybridized carbons (Fsp3) is 0.588. The zero-order valence-electron chi connectivity index (χ0n) is 13.9. The number of aliphatic hydroxyl groups excluding tert-OH is 1. The summed E-state index contributed by atoms with van der Waals surface area (Å²) in [6.07, 6.45) is -1.22. The Morgan fingerprint density at radius 1 is 1.17 bits per heavy atom. The molecule has 1 aromatic rings. The number of nitrogens with zero attached hydrogens (tertiary/aromatic N) is 2.